The molecule has 0 unspecified atom stereocenters. The van der Waals surface area contributed by atoms with Gasteiger partial charge in [0.25, 0.3) is 0 Å². The molecule has 5 rings (SSSR count). The molecule has 9 nitrogen and oxygen atoms in total. The van der Waals surface area contributed by atoms with E-state index < -0.39 is 30.1 Å². The summed E-state index contributed by atoms with van der Waals surface area (Å²) in [5.41, 5.74) is 3.93. The average Bonchev–Trinajstić information content (AvgIpc) is 3.21. The number of likely N-dealkylation sites (tertiary alicyclic amines) is 2. The van der Waals surface area contributed by atoms with E-state index in [0.717, 1.165) is 28.3 Å². The van der Waals surface area contributed by atoms with Gasteiger partial charge in [0.05, 0.1) is 5.92 Å². The molecule has 0 spiro atoms. The van der Waals surface area contributed by atoms with Crippen molar-refractivity contribution in [2.24, 2.45) is 5.92 Å². The standard InChI is InChI=1S/C24H28N4O5/c1-26-13-17(33-24(31)27-9-4-10-27)11-19(22(29)25-32)21(26)23(30)28-12-16-8-7-15-5-2-3-6-18(15)20(16)14-28/h2-3,5-8,17,19,21,32H,4,9-14H2,1H3,(H,25,29)/t17-,19-,21-/m0/s1. The molecule has 0 aromatic heterocycles. The lowest BCUT2D eigenvalue weighted by molar-refractivity contribution is -0.152. The molecule has 0 radical (unpaired) electrons. The summed E-state index contributed by atoms with van der Waals surface area (Å²) in [7, 11) is 1.75. The van der Waals surface area contributed by atoms with Crippen LogP contribution in [-0.4, -0.2) is 76.6 Å². The van der Waals surface area contributed by atoms with Crippen LogP contribution in [0.1, 0.15) is 24.0 Å². The number of fused-ring (bicyclic) bond motifs is 3. The van der Waals surface area contributed by atoms with Gasteiger partial charge in [0.1, 0.15) is 12.1 Å². The molecule has 2 saturated heterocycles. The highest BCUT2D eigenvalue weighted by atomic mass is 16.6. The fourth-order valence-corrected chi connectivity index (χ4v) is 5.24. The van der Waals surface area contributed by atoms with Crippen molar-refractivity contribution in [2.45, 2.75) is 38.1 Å². The van der Waals surface area contributed by atoms with Gasteiger partial charge < -0.3 is 14.5 Å². The first-order valence-corrected chi connectivity index (χ1v) is 11.3. The Kier molecular flexibility index (Phi) is 5.67. The second kappa shape index (κ2) is 8.64. The SMILES string of the molecule is CN1C[C@@H](OC(=O)N2CCC2)C[C@H](C(=O)NO)[C@H]1C(=O)N1Cc2ccc3ccccc3c2C1. The number of carbonyl (C=O) groups excluding carboxylic acids is 3. The number of likely N-dealkylation sites (N-methyl/N-ethyl adjacent to an activating group) is 1. The summed E-state index contributed by atoms with van der Waals surface area (Å²) in [6.45, 7) is 2.64. The van der Waals surface area contributed by atoms with Crippen molar-refractivity contribution in [1.29, 1.82) is 0 Å². The van der Waals surface area contributed by atoms with Crippen LogP contribution in [0.25, 0.3) is 10.8 Å². The van der Waals surface area contributed by atoms with Crippen molar-refractivity contribution in [3.8, 4) is 0 Å². The van der Waals surface area contributed by atoms with E-state index in [-0.39, 0.29) is 12.3 Å². The van der Waals surface area contributed by atoms with Crippen LogP contribution in [0, 0.1) is 5.92 Å². The Morgan fingerprint density at radius 3 is 2.58 bits per heavy atom. The van der Waals surface area contributed by atoms with E-state index in [2.05, 4.69) is 24.3 Å². The van der Waals surface area contributed by atoms with Crippen molar-refractivity contribution < 1.29 is 24.3 Å². The monoisotopic (exact) mass is 452 g/mol. The lowest BCUT2D eigenvalue weighted by Crippen LogP contribution is -2.60. The van der Waals surface area contributed by atoms with Gasteiger partial charge in [0.15, 0.2) is 0 Å². The fourth-order valence-electron chi connectivity index (χ4n) is 5.24. The summed E-state index contributed by atoms with van der Waals surface area (Å²) in [5.74, 6) is -1.65. The first-order chi connectivity index (χ1) is 16.0. The van der Waals surface area contributed by atoms with Gasteiger partial charge in [-0.1, -0.05) is 36.4 Å². The molecule has 174 valence electrons. The Morgan fingerprint density at radius 1 is 1.06 bits per heavy atom. The maximum absolute atomic E-state index is 13.6. The molecule has 3 amide bonds. The molecular formula is C24H28N4O5. The third-order valence-electron chi connectivity index (χ3n) is 7.11. The number of hydrogen-bond donors (Lipinski definition) is 2. The summed E-state index contributed by atoms with van der Waals surface area (Å²) in [4.78, 5) is 43.6. The number of amides is 3. The predicted molar refractivity (Wildman–Crippen MR) is 119 cm³/mol. The molecule has 0 bridgehead atoms. The number of nitrogens with one attached hydrogen (secondary N) is 1. The van der Waals surface area contributed by atoms with Gasteiger partial charge in [-0.15, -0.1) is 0 Å². The Hall–Kier alpha value is -3.17. The van der Waals surface area contributed by atoms with Crippen LogP contribution in [0.2, 0.25) is 0 Å². The van der Waals surface area contributed by atoms with E-state index in [1.165, 1.54) is 0 Å². The first kappa shape index (κ1) is 21.7. The molecule has 9 heteroatoms. The third-order valence-corrected chi connectivity index (χ3v) is 7.11. The molecule has 0 aliphatic carbocycles. The zero-order chi connectivity index (χ0) is 23.1. The summed E-state index contributed by atoms with van der Waals surface area (Å²) >= 11 is 0. The van der Waals surface area contributed by atoms with Crippen LogP contribution < -0.4 is 5.48 Å². The number of piperidine rings is 1. The number of hydroxylamine groups is 1. The zero-order valence-electron chi connectivity index (χ0n) is 18.6. The molecule has 3 heterocycles. The molecule has 3 atom stereocenters. The Bertz CT molecular complexity index is 1100. The van der Waals surface area contributed by atoms with E-state index in [1.54, 1.807) is 27.2 Å². The molecule has 3 aliphatic heterocycles. The number of ether oxygens (including phenoxy) is 1. The van der Waals surface area contributed by atoms with Crippen LogP contribution in [0.3, 0.4) is 0 Å². The van der Waals surface area contributed by atoms with Crippen molar-refractivity contribution in [1.82, 2.24) is 20.2 Å². The van der Waals surface area contributed by atoms with Crippen LogP contribution >= 0.6 is 0 Å². The van der Waals surface area contributed by atoms with E-state index in [9.17, 15) is 19.6 Å². The minimum absolute atomic E-state index is 0.168. The third kappa shape index (κ3) is 3.91. The lowest BCUT2D eigenvalue weighted by atomic mass is 9.86. The normalized spacial score (nSPS) is 24.8. The minimum Gasteiger partial charge on any atom is -0.445 e. The van der Waals surface area contributed by atoms with Gasteiger partial charge in [0.2, 0.25) is 11.8 Å². The quantitative estimate of drug-likeness (QED) is 0.543. The zero-order valence-corrected chi connectivity index (χ0v) is 18.6. The van der Waals surface area contributed by atoms with Gasteiger partial charge in [-0.25, -0.2) is 10.3 Å². The van der Waals surface area contributed by atoms with Crippen molar-refractivity contribution >= 4 is 28.7 Å². The molecule has 33 heavy (non-hydrogen) atoms. The molecule has 2 aromatic rings. The van der Waals surface area contributed by atoms with Gasteiger partial charge >= 0.3 is 6.09 Å². The molecule has 2 aromatic carbocycles. The Labute approximate surface area is 191 Å². The maximum atomic E-state index is 13.6. The maximum Gasteiger partial charge on any atom is 0.410 e. The second-order valence-electron chi connectivity index (χ2n) is 9.17. The van der Waals surface area contributed by atoms with Crippen LogP contribution in [0.5, 0.6) is 0 Å². The van der Waals surface area contributed by atoms with Gasteiger partial charge in [0, 0.05) is 32.7 Å². The van der Waals surface area contributed by atoms with Crippen LogP contribution in [0.4, 0.5) is 4.79 Å². The molecule has 2 N–H and O–H groups in total. The van der Waals surface area contributed by atoms with Gasteiger partial charge in [-0.2, -0.15) is 0 Å². The Balaban J connectivity index is 1.34. The number of carbonyl (C=O) groups is 3. The van der Waals surface area contributed by atoms with Crippen molar-refractivity contribution in [2.75, 3.05) is 26.7 Å². The first-order valence-electron chi connectivity index (χ1n) is 11.3. The molecule has 0 saturated carbocycles. The summed E-state index contributed by atoms with van der Waals surface area (Å²) in [6.07, 6.45) is 0.207. The summed E-state index contributed by atoms with van der Waals surface area (Å²) in [5, 5.41) is 11.6. The highest BCUT2D eigenvalue weighted by Crippen LogP contribution is 2.33. The summed E-state index contributed by atoms with van der Waals surface area (Å²) in [6, 6.07) is 11.5. The van der Waals surface area contributed by atoms with E-state index in [1.807, 2.05) is 12.1 Å². The topological polar surface area (TPSA) is 102 Å². The van der Waals surface area contributed by atoms with Crippen LogP contribution in [0.15, 0.2) is 36.4 Å². The molecule has 3 aliphatic rings. The summed E-state index contributed by atoms with van der Waals surface area (Å²) < 4.78 is 5.60. The van der Waals surface area contributed by atoms with E-state index in [0.29, 0.717) is 32.7 Å². The highest BCUT2D eigenvalue weighted by Gasteiger charge is 2.46. The smallest absolute Gasteiger partial charge is 0.410 e. The van der Waals surface area contributed by atoms with E-state index >= 15 is 0 Å². The molecular weight excluding hydrogens is 424 g/mol. The number of nitrogens with zero attached hydrogens (tertiary/aromatic N) is 3. The number of rotatable bonds is 3. The van der Waals surface area contributed by atoms with E-state index in [4.69, 9.17) is 4.74 Å². The van der Waals surface area contributed by atoms with Crippen molar-refractivity contribution in [3.05, 3.63) is 47.5 Å². The minimum atomic E-state index is -0.837. The van der Waals surface area contributed by atoms with Crippen LogP contribution in [-0.2, 0) is 27.4 Å². The molecule has 2 fully saturated rings. The van der Waals surface area contributed by atoms with Gasteiger partial charge in [-0.3, -0.25) is 19.7 Å². The number of hydrogen-bond acceptors (Lipinski definition) is 6. The highest BCUT2D eigenvalue weighted by molar-refractivity contribution is 5.92. The Morgan fingerprint density at radius 2 is 1.85 bits per heavy atom. The second-order valence-corrected chi connectivity index (χ2v) is 9.17. The lowest BCUT2D eigenvalue weighted by Gasteiger charge is -2.42. The predicted octanol–water partition coefficient (Wildman–Crippen LogP) is 1.72. The average molecular weight is 453 g/mol. The largest absolute Gasteiger partial charge is 0.445 e. The van der Waals surface area contributed by atoms with Crippen molar-refractivity contribution in [3.63, 3.8) is 0 Å². The number of benzene rings is 2. The van der Waals surface area contributed by atoms with Gasteiger partial charge in [-0.05, 0) is 41.8 Å². The fraction of sp³-hybridized carbons (Fsp3) is 0.458.